The number of hydrogen-bond donors (Lipinski definition) is 1. The molecule has 1 atom stereocenters. The summed E-state index contributed by atoms with van der Waals surface area (Å²) in [5.41, 5.74) is 0. The Morgan fingerprint density at radius 1 is 1.38 bits per heavy atom. The number of carbonyl (C=O) groups excluding carboxylic acids is 1. The summed E-state index contributed by atoms with van der Waals surface area (Å²) in [6.07, 6.45) is 0.455. The van der Waals surface area contributed by atoms with Gasteiger partial charge in [0.15, 0.2) is 0 Å². The van der Waals surface area contributed by atoms with E-state index in [0.29, 0.717) is 18.9 Å². The average molecular weight is 187 g/mol. The molecule has 0 heterocycles. The first-order chi connectivity index (χ1) is 6.11. The summed E-state index contributed by atoms with van der Waals surface area (Å²) in [5, 5.41) is 3.28. The third-order valence-electron chi connectivity index (χ3n) is 1.98. The fraction of sp³-hybridized carbons (Fsp3) is 0.900. The number of ether oxygens (including phenoxy) is 1. The molecule has 0 saturated heterocycles. The Kier molecular flexibility index (Phi) is 6.59. The molecule has 0 saturated carbocycles. The van der Waals surface area contributed by atoms with E-state index >= 15 is 0 Å². The second-order valence-electron chi connectivity index (χ2n) is 3.44. The van der Waals surface area contributed by atoms with Crippen molar-refractivity contribution < 1.29 is 9.53 Å². The van der Waals surface area contributed by atoms with Crippen LogP contribution < -0.4 is 5.32 Å². The van der Waals surface area contributed by atoms with Crippen LogP contribution in [0.1, 0.15) is 34.1 Å². The highest BCUT2D eigenvalue weighted by Gasteiger charge is 2.13. The van der Waals surface area contributed by atoms with Gasteiger partial charge in [-0.2, -0.15) is 0 Å². The van der Waals surface area contributed by atoms with Gasteiger partial charge in [0.2, 0.25) is 0 Å². The predicted octanol–water partition coefficient (Wildman–Crippen LogP) is 1.57. The fourth-order valence-corrected chi connectivity index (χ4v) is 1.03. The maximum atomic E-state index is 10.9. The first-order valence-corrected chi connectivity index (χ1v) is 5.00. The smallest absolute Gasteiger partial charge is 0.305 e. The summed E-state index contributed by atoms with van der Waals surface area (Å²) in [7, 11) is 0. The molecular formula is C10H21NO2. The largest absolute Gasteiger partial charge is 0.464 e. The molecule has 0 spiro atoms. The van der Waals surface area contributed by atoms with E-state index in [-0.39, 0.29) is 12.0 Å². The molecule has 0 bridgehead atoms. The van der Waals surface area contributed by atoms with Gasteiger partial charge in [-0.25, -0.2) is 0 Å². The first kappa shape index (κ1) is 12.4. The van der Waals surface area contributed by atoms with Crippen molar-refractivity contribution in [1.82, 2.24) is 5.32 Å². The van der Waals surface area contributed by atoms with Crippen LogP contribution in [-0.4, -0.2) is 25.2 Å². The lowest BCUT2D eigenvalue weighted by Gasteiger charge is -2.21. The van der Waals surface area contributed by atoms with Crippen LogP contribution in [-0.2, 0) is 9.53 Å². The lowest BCUT2D eigenvalue weighted by Crippen LogP contribution is -2.38. The van der Waals surface area contributed by atoms with Gasteiger partial charge in [0.25, 0.3) is 0 Å². The highest BCUT2D eigenvalue weighted by atomic mass is 16.5. The Hall–Kier alpha value is -0.570. The van der Waals surface area contributed by atoms with Gasteiger partial charge in [-0.3, -0.25) is 4.79 Å². The summed E-state index contributed by atoms with van der Waals surface area (Å²) in [6.45, 7) is 9.49. The van der Waals surface area contributed by atoms with Gasteiger partial charge < -0.3 is 10.1 Å². The molecule has 1 N–H and O–H groups in total. The number of esters is 1. The molecule has 78 valence electrons. The van der Waals surface area contributed by atoms with Crippen molar-refractivity contribution in [2.24, 2.45) is 5.92 Å². The highest BCUT2D eigenvalue weighted by Crippen LogP contribution is 2.02. The summed E-state index contributed by atoms with van der Waals surface area (Å²) < 4.78 is 5.07. The van der Waals surface area contributed by atoms with Gasteiger partial charge in [0.05, 0.1) is 0 Å². The molecule has 0 radical (unpaired) electrons. The molecule has 0 aromatic rings. The van der Waals surface area contributed by atoms with Crippen LogP contribution >= 0.6 is 0 Å². The molecule has 0 aliphatic carbocycles. The highest BCUT2D eigenvalue weighted by molar-refractivity contribution is 5.68. The number of rotatable bonds is 6. The van der Waals surface area contributed by atoms with E-state index in [1.165, 1.54) is 0 Å². The minimum atomic E-state index is -0.122. The Morgan fingerprint density at radius 3 is 2.38 bits per heavy atom. The second kappa shape index (κ2) is 6.89. The zero-order valence-electron chi connectivity index (χ0n) is 9.09. The molecule has 0 aliphatic heterocycles. The Balaban J connectivity index is 3.75. The van der Waals surface area contributed by atoms with E-state index in [0.717, 1.165) is 6.54 Å². The van der Waals surface area contributed by atoms with Crippen molar-refractivity contribution in [3.8, 4) is 0 Å². The van der Waals surface area contributed by atoms with Gasteiger partial charge in [0.1, 0.15) is 6.61 Å². The van der Waals surface area contributed by atoms with E-state index < -0.39 is 0 Å². The molecule has 0 aromatic heterocycles. The SMILES string of the molecule is CCNC(COC(=O)CC)C(C)C. The summed E-state index contributed by atoms with van der Waals surface area (Å²) in [4.78, 5) is 10.9. The molecule has 1 unspecified atom stereocenters. The van der Waals surface area contributed by atoms with E-state index in [9.17, 15) is 4.79 Å². The van der Waals surface area contributed by atoms with Crippen molar-refractivity contribution >= 4 is 5.97 Å². The quantitative estimate of drug-likeness (QED) is 0.641. The number of likely N-dealkylation sites (N-methyl/N-ethyl adjacent to an activating group) is 1. The Labute approximate surface area is 80.8 Å². The first-order valence-electron chi connectivity index (χ1n) is 5.00. The predicted molar refractivity (Wildman–Crippen MR) is 53.6 cm³/mol. The standard InChI is InChI=1S/C10H21NO2/c1-5-10(12)13-7-9(8(3)4)11-6-2/h8-9,11H,5-7H2,1-4H3. The van der Waals surface area contributed by atoms with E-state index in [2.05, 4.69) is 26.1 Å². The molecule has 0 aliphatic rings. The lowest BCUT2D eigenvalue weighted by atomic mass is 10.1. The number of nitrogens with one attached hydrogen (secondary N) is 1. The third kappa shape index (κ3) is 5.64. The Bertz CT molecular complexity index is 146. The van der Waals surface area contributed by atoms with Crippen LogP contribution in [0.2, 0.25) is 0 Å². The minimum Gasteiger partial charge on any atom is -0.464 e. The van der Waals surface area contributed by atoms with Crippen molar-refractivity contribution in [2.45, 2.75) is 40.2 Å². The van der Waals surface area contributed by atoms with Gasteiger partial charge in [-0.1, -0.05) is 27.7 Å². The molecule has 0 fully saturated rings. The normalized spacial score (nSPS) is 13.0. The molecule has 0 rings (SSSR count). The summed E-state index contributed by atoms with van der Waals surface area (Å²) >= 11 is 0. The maximum absolute atomic E-state index is 10.9. The summed E-state index contributed by atoms with van der Waals surface area (Å²) in [6, 6.07) is 0.278. The van der Waals surface area contributed by atoms with Crippen LogP contribution in [0.4, 0.5) is 0 Å². The molecule has 3 nitrogen and oxygen atoms in total. The second-order valence-corrected chi connectivity index (χ2v) is 3.44. The monoisotopic (exact) mass is 187 g/mol. The van der Waals surface area contributed by atoms with Crippen LogP contribution in [0.3, 0.4) is 0 Å². The molecule has 0 aromatic carbocycles. The minimum absolute atomic E-state index is 0.122. The topological polar surface area (TPSA) is 38.3 Å². The van der Waals surface area contributed by atoms with Crippen molar-refractivity contribution in [2.75, 3.05) is 13.2 Å². The van der Waals surface area contributed by atoms with Gasteiger partial charge in [0, 0.05) is 12.5 Å². The van der Waals surface area contributed by atoms with Gasteiger partial charge in [-0.05, 0) is 12.5 Å². The van der Waals surface area contributed by atoms with Gasteiger partial charge in [-0.15, -0.1) is 0 Å². The van der Waals surface area contributed by atoms with Crippen LogP contribution in [0.25, 0.3) is 0 Å². The Morgan fingerprint density at radius 2 is 2.00 bits per heavy atom. The molecule has 13 heavy (non-hydrogen) atoms. The third-order valence-corrected chi connectivity index (χ3v) is 1.98. The van der Waals surface area contributed by atoms with Crippen LogP contribution in [0.15, 0.2) is 0 Å². The molecule has 3 heteroatoms. The number of carbonyl (C=O) groups is 1. The zero-order valence-corrected chi connectivity index (χ0v) is 9.09. The van der Waals surface area contributed by atoms with E-state index in [4.69, 9.17) is 4.74 Å². The van der Waals surface area contributed by atoms with Crippen LogP contribution in [0, 0.1) is 5.92 Å². The van der Waals surface area contributed by atoms with Crippen molar-refractivity contribution in [1.29, 1.82) is 0 Å². The summed E-state index contributed by atoms with van der Waals surface area (Å²) in [5.74, 6) is 0.369. The number of hydrogen-bond acceptors (Lipinski definition) is 3. The van der Waals surface area contributed by atoms with E-state index in [1.54, 1.807) is 6.92 Å². The zero-order chi connectivity index (χ0) is 10.3. The van der Waals surface area contributed by atoms with E-state index in [1.807, 2.05) is 0 Å². The fourth-order valence-electron chi connectivity index (χ4n) is 1.03. The van der Waals surface area contributed by atoms with Crippen LogP contribution in [0.5, 0.6) is 0 Å². The molecular weight excluding hydrogens is 166 g/mol. The molecule has 0 amide bonds. The maximum Gasteiger partial charge on any atom is 0.305 e. The van der Waals surface area contributed by atoms with Crippen molar-refractivity contribution in [3.05, 3.63) is 0 Å². The average Bonchev–Trinajstić information content (AvgIpc) is 2.11. The van der Waals surface area contributed by atoms with Gasteiger partial charge >= 0.3 is 5.97 Å². The lowest BCUT2D eigenvalue weighted by molar-refractivity contribution is -0.144. The van der Waals surface area contributed by atoms with Crippen molar-refractivity contribution in [3.63, 3.8) is 0 Å².